The van der Waals surface area contributed by atoms with Gasteiger partial charge in [0.1, 0.15) is 16.6 Å². The molecular weight excluding hydrogens is 234 g/mol. The number of anilines is 2. The lowest BCUT2D eigenvalue weighted by atomic mass is 10.3. The molecule has 0 radical (unpaired) electrons. The zero-order chi connectivity index (χ0) is 12.3. The van der Waals surface area contributed by atoms with Gasteiger partial charge in [-0.2, -0.15) is 0 Å². The number of nitrogens with zero attached hydrogens (tertiary/aromatic N) is 1. The molecule has 0 aliphatic heterocycles. The molecule has 0 unspecified atom stereocenters. The van der Waals surface area contributed by atoms with Gasteiger partial charge < -0.3 is 16.2 Å². The smallest absolute Gasteiger partial charge is 0.147 e. The van der Waals surface area contributed by atoms with Crippen LogP contribution < -0.4 is 16.2 Å². The Bertz CT molecular complexity index is 531. The molecule has 0 aliphatic carbocycles. The number of nitrogens with two attached hydrogens (primary N) is 2. The van der Waals surface area contributed by atoms with Gasteiger partial charge in [0.05, 0.1) is 17.7 Å². The maximum absolute atomic E-state index is 5.66. The van der Waals surface area contributed by atoms with Gasteiger partial charge in [0.2, 0.25) is 0 Å². The van der Waals surface area contributed by atoms with E-state index in [1.165, 1.54) is 11.8 Å². The first-order valence-corrected chi connectivity index (χ1v) is 5.85. The van der Waals surface area contributed by atoms with Gasteiger partial charge in [-0.1, -0.05) is 23.9 Å². The second-order valence-electron chi connectivity index (χ2n) is 3.38. The summed E-state index contributed by atoms with van der Waals surface area (Å²) in [6.07, 6.45) is 0. The molecule has 0 saturated carbocycles. The fourth-order valence-electron chi connectivity index (χ4n) is 1.34. The van der Waals surface area contributed by atoms with Crippen LogP contribution in [0.2, 0.25) is 0 Å². The van der Waals surface area contributed by atoms with Crippen LogP contribution in [0.1, 0.15) is 0 Å². The predicted octanol–water partition coefficient (Wildman–Crippen LogP) is 2.41. The van der Waals surface area contributed by atoms with Gasteiger partial charge in [-0.15, -0.1) is 0 Å². The molecule has 1 heterocycles. The first-order valence-electron chi connectivity index (χ1n) is 5.03. The first-order chi connectivity index (χ1) is 8.20. The number of pyridine rings is 1. The van der Waals surface area contributed by atoms with E-state index < -0.39 is 0 Å². The summed E-state index contributed by atoms with van der Waals surface area (Å²) in [5, 5.41) is 0.793. The molecule has 17 heavy (non-hydrogen) atoms. The summed E-state index contributed by atoms with van der Waals surface area (Å²) in [5.74, 6) is 1.17. The highest BCUT2D eigenvalue weighted by Crippen LogP contribution is 2.34. The highest BCUT2D eigenvalue weighted by Gasteiger charge is 2.06. The Hall–Kier alpha value is -1.88. The number of hydrogen-bond donors (Lipinski definition) is 2. The van der Waals surface area contributed by atoms with Crippen molar-refractivity contribution in [2.45, 2.75) is 9.92 Å². The van der Waals surface area contributed by atoms with Gasteiger partial charge >= 0.3 is 0 Å². The lowest BCUT2D eigenvalue weighted by Gasteiger charge is -2.07. The molecule has 2 aromatic rings. The van der Waals surface area contributed by atoms with E-state index in [0.717, 1.165) is 15.7 Å². The molecule has 0 saturated heterocycles. The van der Waals surface area contributed by atoms with Gasteiger partial charge in [-0.3, -0.25) is 0 Å². The molecule has 88 valence electrons. The van der Waals surface area contributed by atoms with E-state index in [4.69, 9.17) is 16.2 Å². The second-order valence-corrected chi connectivity index (χ2v) is 4.44. The Morgan fingerprint density at radius 2 is 1.88 bits per heavy atom. The fourth-order valence-corrected chi connectivity index (χ4v) is 2.24. The standard InChI is InChI=1S/C12H13N3OS/c1-16-9-4-2-3-5-10(9)17-11-7-6-8(13)12(14)15-11/h2-7H,13H2,1H3,(H2,14,15). The number of methoxy groups -OCH3 is 1. The van der Waals surface area contributed by atoms with Crippen LogP contribution in [0.15, 0.2) is 46.3 Å². The summed E-state index contributed by atoms with van der Waals surface area (Å²) in [7, 11) is 1.64. The third kappa shape index (κ3) is 2.62. The molecule has 0 aliphatic rings. The van der Waals surface area contributed by atoms with Crippen molar-refractivity contribution in [3.8, 4) is 5.75 Å². The molecule has 4 nitrogen and oxygen atoms in total. The topological polar surface area (TPSA) is 74.2 Å². The number of ether oxygens (including phenoxy) is 1. The first kappa shape index (κ1) is 11.6. The lowest BCUT2D eigenvalue weighted by molar-refractivity contribution is 0.405. The van der Waals surface area contributed by atoms with E-state index in [0.29, 0.717) is 11.5 Å². The Morgan fingerprint density at radius 1 is 1.12 bits per heavy atom. The van der Waals surface area contributed by atoms with Crippen LogP contribution in [0.3, 0.4) is 0 Å². The SMILES string of the molecule is COc1ccccc1Sc1ccc(N)c(N)n1. The summed E-state index contributed by atoms with van der Waals surface area (Å²) in [4.78, 5) is 5.20. The highest BCUT2D eigenvalue weighted by atomic mass is 32.2. The lowest BCUT2D eigenvalue weighted by Crippen LogP contribution is -1.98. The van der Waals surface area contributed by atoms with Crippen LogP contribution in [0.5, 0.6) is 5.75 Å². The van der Waals surface area contributed by atoms with Gasteiger partial charge in [-0.25, -0.2) is 4.98 Å². The maximum Gasteiger partial charge on any atom is 0.147 e. The molecular formula is C12H13N3OS. The maximum atomic E-state index is 5.66. The van der Waals surface area contributed by atoms with E-state index in [9.17, 15) is 0 Å². The predicted molar refractivity (Wildman–Crippen MR) is 70.2 cm³/mol. The summed E-state index contributed by atoms with van der Waals surface area (Å²) < 4.78 is 5.27. The van der Waals surface area contributed by atoms with E-state index in [1.807, 2.05) is 30.3 Å². The molecule has 0 fully saturated rings. The van der Waals surface area contributed by atoms with E-state index in [2.05, 4.69) is 4.98 Å². The average molecular weight is 247 g/mol. The van der Waals surface area contributed by atoms with Crippen LogP contribution in [-0.4, -0.2) is 12.1 Å². The molecule has 5 heteroatoms. The van der Waals surface area contributed by atoms with E-state index in [1.54, 1.807) is 13.2 Å². The van der Waals surface area contributed by atoms with Crippen molar-refractivity contribution in [2.24, 2.45) is 0 Å². The minimum Gasteiger partial charge on any atom is -0.496 e. The Morgan fingerprint density at radius 3 is 2.59 bits per heavy atom. The van der Waals surface area contributed by atoms with E-state index in [-0.39, 0.29) is 0 Å². The third-order valence-electron chi connectivity index (χ3n) is 2.22. The van der Waals surface area contributed by atoms with Gasteiger partial charge in [0.15, 0.2) is 0 Å². The van der Waals surface area contributed by atoms with Crippen molar-refractivity contribution in [3.05, 3.63) is 36.4 Å². The van der Waals surface area contributed by atoms with Crippen molar-refractivity contribution in [3.63, 3.8) is 0 Å². The summed E-state index contributed by atoms with van der Waals surface area (Å²) >= 11 is 1.49. The monoisotopic (exact) mass is 247 g/mol. The molecule has 2 rings (SSSR count). The minimum absolute atomic E-state index is 0.352. The normalized spacial score (nSPS) is 10.2. The number of aromatic nitrogens is 1. The largest absolute Gasteiger partial charge is 0.496 e. The molecule has 0 atom stereocenters. The van der Waals surface area contributed by atoms with Crippen molar-refractivity contribution in [1.29, 1.82) is 0 Å². The van der Waals surface area contributed by atoms with Crippen LogP contribution in [-0.2, 0) is 0 Å². The average Bonchev–Trinajstić information content (AvgIpc) is 2.34. The second kappa shape index (κ2) is 4.97. The zero-order valence-electron chi connectivity index (χ0n) is 9.38. The summed E-state index contributed by atoms with van der Waals surface area (Å²) in [5.41, 5.74) is 11.8. The molecule has 0 spiro atoms. The van der Waals surface area contributed by atoms with Crippen LogP contribution in [0.4, 0.5) is 11.5 Å². The quantitative estimate of drug-likeness (QED) is 0.871. The summed E-state index contributed by atoms with van der Waals surface area (Å²) in [6.45, 7) is 0. The number of nitrogen functional groups attached to an aromatic ring is 2. The van der Waals surface area contributed by atoms with Crippen molar-refractivity contribution in [1.82, 2.24) is 4.98 Å². The van der Waals surface area contributed by atoms with Gasteiger partial charge in [0.25, 0.3) is 0 Å². The van der Waals surface area contributed by atoms with Crippen LogP contribution in [0, 0.1) is 0 Å². The van der Waals surface area contributed by atoms with Crippen LogP contribution >= 0.6 is 11.8 Å². The van der Waals surface area contributed by atoms with Crippen molar-refractivity contribution in [2.75, 3.05) is 18.6 Å². The summed E-state index contributed by atoms with van der Waals surface area (Å²) in [6, 6.07) is 11.3. The highest BCUT2D eigenvalue weighted by molar-refractivity contribution is 7.99. The van der Waals surface area contributed by atoms with Gasteiger partial charge in [0, 0.05) is 0 Å². The molecule has 0 amide bonds. The molecule has 4 N–H and O–H groups in total. The number of para-hydroxylation sites is 1. The number of hydrogen-bond acceptors (Lipinski definition) is 5. The number of benzene rings is 1. The molecule has 0 bridgehead atoms. The zero-order valence-corrected chi connectivity index (χ0v) is 10.2. The fraction of sp³-hybridized carbons (Fsp3) is 0.0833. The number of rotatable bonds is 3. The van der Waals surface area contributed by atoms with Crippen molar-refractivity contribution < 1.29 is 4.74 Å². The molecule has 1 aromatic heterocycles. The molecule has 1 aromatic carbocycles. The Labute approximate surface area is 104 Å². The van der Waals surface area contributed by atoms with Crippen LogP contribution in [0.25, 0.3) is 0 Å². The van der Waals surface area contributed by atoms with Gasteiger partial charge in [-0.05, 0) is 24.3 Å². The van der Waals surface area contributed by atoms with Crippen molar-refractivity contribution >= 4 is 23.3 Å². The Kier molecular flexibility index (Phi) is 3.39. The van der Waals surface area contributed by atoms with E-state index >= 15 is 0 Å². The third-order valence-corrected chi connectivity index (χ3v) is 3.21. The minimum atomic E-state index is 0.352. The Balaban J connectivity index is 2.28.